The summed E-state index contributed by atoms with van der Waals surface area (Å²) in [6.07, 6.45) is 0.386. The van der Waals surface area contributed by atoms with Crippen molar-refractivity contribution in [2.75, 3.05) is 27.9 Å². The Balaban J connectivity index is 3.93. The van der Waals surface area contributed by atoms with E-state index in [4.69, 9.17) is 4.74 Å². The highest BCUT2D eigenvalue weighted by atomic mass is 16.5. The number of nitrogens with one attached hydrogen (secondary N) is 1. The molecule has 1 N–H and O–H groups in total. The molecule has 0 aliphatic rings. The van der Waals surface area contributed by atoms with Crippen LogP contribution in [0.5, 0.6) is 0 Å². The van der Waals surface area contributed by atoms with Crippen molar-refractivity contribution >= 4 is 5.97 Å². The SMILES string of the molecule is CNC(CC(=O)OC)C(C)COC. The molecule has 0 radical (unpaired) electrons. The smallest absolute Gasteiger partial charge is 0.307 e. The van der Waals surface area contributed by atoms with Gasteiger partial charge in [0.25, 0.3) is 0 Å². The fourth-order valence-electron chi connectivity index (χ4n) is 1.23. The standard InChI is InChI=1S/C9H19NO3/c1-7(6-12-3)8(10-2)5-9(11)13-4/h7-8,10H,5-6H2,1-4H3. The summed E-state index contributed by atoms with van der Waals surface area (Å²) in [5.74, 6) is 0.108. The fraction of sp³-hybridized carbons (Fsp3) is 0.889. The van der Waals surface area contributed by atoms with Crippen LogP contribution in [0.15, 0.2) is 0 Å². The van der Waals surface area contributed by atoms with Gasteiger partial charge in [-0.1, -0.05) is 6.92 Å². The van der Waals surface area contributed by atoms with Crippen molar-refractivity contribution in [3.8, 4) is 0 Å². The molecule has 0 aromatic heterocycles. The van der Waals surface area contributed by atoms with E-state index < -0.39 is 0 Å². The molecular weight excluding hydrogens is 170 g/mol. The van der Waals surface area contributed by atoms with Gasteiger partial charge in [0.2, 0.25) is 0 Å². The second kappa shape index (κ2) is 6.86. The van der Waals surface area contributed by atoms with Gasteiger partial charge in [-0.15, -0.1) is 0 Å². The summed E-state index contributed by atoms with van der Waals surface area (Å²) in [4.78, 5) is 11.0. The van der Waals surface area contributed by atoms with E-state index in [2.05, 4.69) is 10.1 Å². The van der Waals surface area contributed by atoms with Crippen LogP contribution in [0.4, 0.5) is 0 Å². The quantitative estimate of drug-likeness (QED) is 0.615. The second-order valence-corrected chi connectivity index (χ2v) is 3.11. The van der Waals surface area contributed by atoms with Gasteiger partial charge in [0.05, 0.1) is 20.1 Å². The minimum atomic E-state index is -0.192. The molecule has 13 heavy (non-hydrogen) atoms. The predicted molar refractivity (Wildman–Crippen MR) is 50.5 cm³/mol. The van der Waals surface area contributed by atoms with Gasteiger partial charge in [0.1, 0.15) is 0 Å². The van der Waals surface area contributed by atoms with Gasteiger partial charge in [-0.25, -0.2) is 0 Å². The zero-order valence-corrected chi connectivity index (χ0v) is 8.79. The molecule has 78 valence electrons. The first kappa shape index (κ1) is 12.4. The predicted octanol–water partition coefficient (Wildman–Crippen LogP) is 0.420. The molecule has 4 nitrogen and oxygen atoms in total. The molecule has 0 aromatic rings. The molecule has 0 aliphatic heterocycles. The molecular formula is C9H19NO3. The van der Waals surface area contributed by atoms with E-state index in [1.165, 1.54) is 7.11 Å². The Kier molecular flexibility index (Phi) is 6.54. The van der Waals surface area contributed by atoms with Crippen molar-refractivity contribution < 1.29 is 14.3 Å². The zero-order chi connectivity index (χ0) is 10.3. The number of esters is 1. The van der Waals surface area contributed by atoms with Gasteiger partial charge < -0.3 is 14.8 Å². The highest BCUT2D eigenvalue weighted by Gasteiger charge is 2.18. The maximum atomic E-state index is 11.0. The maximum absolute atomic E-state index is 11.0. The van der Waals surface area contributed by atoms with Crippen LogP contribution in [0.3, 0.4) is 0 Å². The highest BCUT2D eigenvalue weighted by molar-refractivity contribution is 5.69. The van der Waals surface area contributed by atoms with E-state index in [1.807, 2.05) is 14.0 Å². The van der Waals surface area contributed by atoms with Crippen molar-refractivity contribution in [1.29, 1.82) is 0 Å². The normalized spacial score (nSPS) is 15.1. The van der Waals surface area contributed by atoms with E-state index in [0.29, 0.717) is 18.9 Å². The van der Waals surface area contributed by atoms with Crippen molar-refractivity contribution in [3.05, 3.63) is 0 Å². The van der Waals surface area contributed by atoms with Crippen LogP contribution in [0.1, 0.15) is 13.3 Å². The third kappa shape index (κ3) is 4.85. The van der Waals surface area contributed by atoms with E-state index >= 15 is 0 Å². The number of carbonyl (C=O) groups excluding carboxylic acids is 1. The van der Waals surface area contributed by atoms with Crippen LogP contribution in [0, 0.1) is 5.92 Å². The Morgan fingerprint density at radius 2 is 2.08 bits per heavy atom. The molecule has 0 heterocycles. The molecule has 0 aromatic carbocycles. The lowest BCUT2D eigenvalue weighted by molar-refractivity contribution is -0.141. The zero-order valence-electron chi connectivity index (χ0n) is 8.79. The van der Waals surface area contributed by atoms with Crippen LogP contribution in [0.2, 0.25) is 0 Å². The van der Waals surface area contributed by atoms with Crippen molar-refractivity contribution in [2.45, 2.75) is 19.4 Å². The molecule has 0 saturated heterocycles. The van der Waals surface area contributed by atoms with E-state index in [9.17, 15) is 4.79 Å². The topological polar surface area (TPSA) is 47.6 Å². The van der Waals surface area contributed by atoms with Gasteiger partial charge in [-0.05, 0) is 13.0 Å². The summed E-state index contributed by atoms with van der Waals surface area (Å²) < 4.78 is 9.60. The molecule has 2 atom stereocenters. The molecule has 0 bridgehead atoms. The summed E-state index contributed by atoms with van der Waals surface area (Å²) in [5.41, 5.74) is 0. The van der Waals surface area contributed by atoms with Crippen molar-refractivity contribution in [2.24, 2.45) is 5.92 Å². The lowest BCUT2D eigenvalue weighted by atomic mass is 10.0. The minimum absolute atomic E-state index is 0.118. The molecule has 0 amide bonds. The maximum Gasteiger partial charge on any atom is 0.307 e. The van der Waals surface area contributed by atoms with Gasteiger partial charge >= 0.3 is 5.97 Å². The van der Waals surface area contributed by atoms with Crippen LogP contribution >= 0.6 is 0 Å². The average molecular weight is 189 g/mol. The number of ether oxygens (including phenoxy) is 2. The van der Waals surface area contributed by atoms with Gasteiger partial charge in [-0.2, -0.15) is 0 Å². The van der Waals surface area contributed by atoms with E-state index in [-0.39, 0.29) is 12.0 Å². The number of hydrogen-bond acceptors (Lipinski definition) is 4. The summed E-state index contributed by atoms with van der Waals surface area (Å²) in [5, 5.41) is 3.07. The highest BCUT2D eigenvalue weighted by Crippen LogP contribution is 2.07. The molecule has 2 unspecified atom stereocenters. The number of carbonyl (C=O) groups is 1. The second-order valence-electron chi connectivity index (χ2n) is 3.11. The molecule has 0 fully saturated rings. The van der Waals surface area contributed by atoms with Gasteiger partial charge in [0, 0.05) is 13.2 Å². The molecule has 0 spiro atoms. The Hall–Kier alpha value is -0.610. The molecule has 0 rings (SSSR count). The Bertz CT molecular complexity index is 150. The first-order chi connectivity index (χ1) is 6.15. The first-order valence-electron chi connectivity index (χ1n) is 4.38. The first-order valence-corrected chi connectivity index (χ1v) is 4.38. The van der Waals surface area contributed by atoms with Crippen LogP contribution in [0.25, 0.3) is 0 Å². The van der Waals surface area contributed by atoms with Crippen molar-refractivity contribution in [3.63, 3.8) is 0 Å². The van der Waals surface area contributed by atoms with E-state index in [1.54, 1.807) is 7.11 Å². The number of methoxy groups -OCH3 is 2. The van der Waals surface area contributed by atoms with Gasteiger partial charge in [0.15, 0.2) is 0 Å². The monoisotopic (exact) mass is 189 g/mol. The van der Waals surface area contributed by atoms with Crippen molar-refractivity contribution in [1.82, 2.24) is 5.32 Å². The Labute approximate surface area is 79.6 Å². The van der Waals surface area contributed by atoms with Crippen LogP contribution in [-0.4, -0.2) is 39.9 Å². The van der Waals surface area contributed by atoms with Crippen LogP contribution < -0.4 is 5.32 Å². The lowest BCUT2D eigenvalue weighted by Crippen LogP contribution is -2.36. The summed E-state index contributed by atoms with van der Waals surface area (Å²) >= 11 is 0. The van der Waals surface area contributed by atoms with Gasteiger partial charge in [-0.3, -0.25) is 4.79 Å². The van der Waals surface area contributed by atoms with Crippen LogP contribution in [-0.2, 0) is 14.3 Å². The third-order valence-electron chi connectivity index (χ3n) is 2.10. The largest absolute Gasteiger partial charge is 0.469 e. The summed E-state index contributed by atoms with van der Waals surface area (Å²) in [7, 11) is 4.89. The molecule has 0 aliphatic carbocycles. The molecule has 0 saturated carbocycles. The summed E-state index contributed by atoms with van der Waals surface area (Å²) in [6.45, 7) is 2.68. The fourth-order valence-corrected chi connectivity index (χ4v) is 1.23. The average Bonchev–Trinajstić information content (AvgIpc) is 2.14. The lowest BCUT2D eigenvalue weighted by Gasteiger charge is -2.21. The Morgan fingerprint density at radius 3 is 2.46 bits per heavy atom. The number of hydrogen-bond donors (Lipinski definition) is 1. The Morgan fingerprint density at radius 1 is 1.46 bits per heavy atom. The minimum Gasteiger partial charge on any atom is -0.469 e. The van der Waals surface area contributed by atoms with E-state index in [0.717, 1.165) is 0 Å². The molecule has 4 heteroatoms. The third-order valence-corrected chi connectivity index (χ3v) is 2.10. The number of rotatable bonds is 6. The summed E-state index contributed by atoms with van der Waals surface area (Å²) in [6, 6.07) is 0.118.